The zero-order chi connectivity index (χ0) is 24.0. The van der Waals surface area contributed by atoms with Crippen molar-refractivity contribution in [3.05, 3.63) is 82.6 Å². The monoisotopic (exact) mass is 472 g/mol. The molecule has 3 aromatic rings. The second-order valence-electron chi connectivity index (χ2n) is 8.46. The van der Waals surface area contributed by atoms with Gasteiger partial charge < -0.3 is 14.9 Å². The minimum absolute atomic E-state index is 0.00681. The van der Waals surface area contributed by atoms with E-state index in [4.69, 9.17) is 0 Å². The Morgan fingerprint density at radius 1 is 1.12 bits per heavy atom. The summed E-state index contributed by atoms with van der Waals surface area (Å²) in [4.78, 5) is 24.8. The van der Waals surface area contributed by atoms with E-state index in [-0.39, 0.29) is 17.9 Å². The maximum absolute atomic E-state index is 13.8. The SMILES string of the molecule is O=C(c1cccc2c1CCN2c1cc(Cc2cc(F)cc(C(F)(F)F)c2)ncn1)N1CC(O)C1. The lowest BCUT2D eigenvalue weighted by atomic mass is 10.0. The van der Waals surface area contributed by atoms with E-state index in [1.54, 1.807) is 23.1 Å². The van der Waals surface area contributed by atoms with Gasteiger partial charge in [0.05, 0.1) is 17.4 Å². The maximum Gasteiger partial charge on any atom is 0.416 e. The number of rotatable bonds is 4. The van der Waals surface area contributed by atoms with Crippen molar-refractivity contribution in [3.8, 4) is 0 Å². The summed E-state index contributed by atoms with van der Waals surface area (Å²) in [5.41, 5.74) is 1.84. The van der Waals surface area contributed by atoms with Crippen molar-refractivity contribution in [2.75, 3.05) is 24.5 Å². The van der Waals surface area contributed by atoms with Crippen LogP contribution in [-0.4, -0.2) is 51.6 Å². The normalized spacial score (nSPS) is 15.9. The smallest absolute Gasteiger partial charge is 0.389 e. The van der Waals surface area contributed by atoms with Crippen molar-refractivity contribution < 1.29 is 27.5 Å². The number of carbonyl (C=O) groups excluding carboxylic acids is 1. The van der Waals surface area contributed by atoms with Gasteiger partial charge in [-0.25, -0.2) is 14.4 Å². The third-order valence-corrected chi connectivity index (χ3v) is 6.06. The first-order chi connectivity index (χ1) is 16.2. The molecule has 0 atom stereocenters. The Morgan fingerprint density at radius 2 is 1.91 bits per heavy atom. The van der Waals surface area contributed by atoms with Crippen LogP contribution in [0.4, 0.5) is 29.1 Å². The van der Waals surface area contributed by atoms with Crippen molar-refractivity contribution in [1.29, 1.82) is 0 Å². The zero-order valence-corrected chi connectivity index (χ0v) is 17.9. The zero-order valence-electron chi connectivity index (χ0n) is 17.9. The number of hydrogen-bond donors (Lipinski definition) is 1. The van der Waals surface area contributed by atoms with Crippen LogP contribution in [0.1, 0.15) is 32.7 Å². The number of anilines is 2. The fourth-order valence-corrected chi connectivity index (χ4v) is 4.42. The second kappa shape index (κ2) is 8.35. The molecular weight excluding hydrogens is 452 g/mol. The largest absolute Gasteiger partial charge is 0.416 e. The molecule has 0 radical (unpaired) electrons. The van der Waals surface area contributed by atoms with Crippen molar-refractivity contribution in [3.63, 3.8) is 0 Å². The summed E-state index contributed by atoms with van der Waals surface area (Å²) in [6.45, 7) is 1.20. The molecule has 1 fully saturated rings. The van der Waals surface area contributed by atoms with Gasteiger partial charge in [0.15, 0.2) is 0 Å². The van der Waals surface area contributed by atoms with Gasteiger partial charge in [-0.3, -0.25) is 4.79 Å². The molecule has 176 valence electrons. The minimum Gasteiger partial charge on any atom is -0.389 e. The van der Waals surface area contributed by atoms with Crippen LogP contribution >= 0.6 is 0 Å². The van der Waals surface area contributed by atoms with Crippen LogP contribution in [0.3, 0.4) is 0 Å². The highest BCUT2D eigenvalue weighted by Gasteiger charge is 2.33. The first-order valence-electron chi connectivity index (χ1n) is 10.7. The molecule has 1 aromatic heterocycles. The highest BCUT2D eigenvalue weighted by Crippen LogP contribution is 2.36. The average Bonchev–Trinajstić information content (AvgIpc) is 3.20. The Bertz CT molecular complexity index is 1260. The summed E-state index contributed by atoms with van der Waals surface area (Å²) < 4.78 is 52.9. The Labute approximate surface area is 192 Å². The molecule has 0 spiro atoms. The molecule has 6 nitrogen and oxygen atoms in total. The Morgan fingerprint density at radius 3 is 2.65 bits per heavy atom. The van der Waals surface area contributed by atoms with Gasteiger partial charge in [0.2, 0.25) is 0 Å². The van der Waals surface area contributed by atoms with E-state index in [1.165, 1.54) is 6.33 Å². The summed E-state index contributed by atoms with van der Waals surface area (Å²) in [7, 11) is 0. The van der Waals surface area contributed by atoms with Crippen LogP contribution in [0.25, 0.3) is 0 Å². The fourth-order valence-electron chi connectivity index (χ4n) is 4.42. The van der Waals surface area contributed by atoms with E-state index in [0.717, 1.165) is 23.4 Å². The topological polar surface area (TPSA) is 69.6 Å². The summed E-state index contributed by atoms with van der Waals surface area (Å²) in [5, 5.41) is 9.51. The highest BCUT2D eigenvalue weighted by molar-refractivity contribution is 5.98. The van der Waals surface area contributed by atoms with Crippen molar-refractivity contribution in [1.82, 2.24) is 14.9 Å². The number of carbonyl (C=O) groups is 1. The number of amides is 1. The first kappa shape index (κ1) is 22.3. The highest BCUT2D eigenvalue weighted by atomic mass is 19.4. The van der Waals surface area contributed by atoms with Crippen LogP contribution in [-0.2, 0) is 19.0 Å². The minimum atomic E-state index is -4.64. The number of nitrogens with zero attached hydrogens (tertiary/aromatic N) is 4. The number of benzene rings is 2. The average molecular weight is 472 g/mol. The lowest BCUT2D eigenvalue weighted by Gasteiger charge is -2.36. The number of alkyl halides is 3. The van der Waals surface area contributed by atoms with Crippen molar-refractivity contribution in [2.45, 2.75) is 25.1 Å². The van der Waals surface area contributed by atoms with Crippen LogP contribution < -0.4 is 4.90 Å². The van der Waals surface area contributed by atoms with E-state index < -0.39 is 23.7 Å². The van der Waals surface area contributed by atoms with E-state index in [2.05, 4.69) is 9.97 Å². The van der Waals surface area contributed by atoms with Crippen LogP contribution in [0, 0.1) is 5.82 Å². The number of β-amino-alcohol motifs (C(OH)–C–C–N with tert-alkyl or cyclic N) is 1. The summed E-state index contributed by atoms with van der Waals surface area (Å²) in [5.74, 6) is -0.543. The van der Waals surface area contributed by atoms with E-state index in [0.29, 0.717) is 49.2 Å². The van der Waals surface area contributed by atoms with Crippen LogP contribution in [0.5, 0.6) is 0 Å². The van der Waals surface area contributed by atoms with Crippen LogP contribution in [0.15, 0.2) is 48.8 Å². The van der Waals surface area contributed by atoms with Crippen molar-refractivity contribution in [2.24, 2.45) is 0 Å². The summed E-state index contributed by atoms with van der Waals surface area (Å²) >= 11 is 0. The molecule has 0 unspecified atom stereocenters. The molecule has 10 heteroatoms. The van der Waals surface area contributed by atoms with Gasteiger partial charge in [0.1, 0.15) is 18.0 Å². The van der Waals surface area contributed by atoms with Gasteiger partial charge >= 0.3 is 6.18 Å². The Hall–Kier alpha value is -3.53. The third kappa shape index (κ3) is 4.21. The van der Waals surface area contributed by atoms with E-state index >= 15 is 0 Å². The molecule has 0 saturated carbocycles. The van der Waals surface area contributed by atoms with Gasteiger partial charge in [-0.05, 0) is 47.9 Å². The van der Waals surface area contributed by atoms with E-state index in [9.17, 15) is 27.5 Å². The molecule has 2 aliphatic heterocycles. The molecule has 0 aliphatic carbocycles. The molecule has 1 amide bonds. The molecule has 0 bridgehead atoms. The number of likely N-dealkylation sites (tertiary alicyclic amines) is 1. The quantitative estimate of drug-likeness (QED) is 0.586. The van der Waals surface area contributed by atoms with Gasteiger partial charge in [-0.2, -0.15) is 13.2 Å². The lowest BCUT2D eigenvalue weighted by Crippen LogP contribution is -2.53. The number of hydrogen-bond acceptors (Lipinski definition) is 5. The molecule has 1 saturated heterocycles. The van der Waals surface area contributed by atoms with Gasteiger partial charge in [-0.15, -0.1) is 0 Å². The van der Waals surface area contributed by atoms with Gasteiger partial charge in [-0.1, -0.05) is 6.07 Å². The van der Waals surface area contributed by atoms with Gasteiger partial charge in [0.25, 0.3) is 5.91 Å². The number of halogens is 4. The maximum atomic E-state index is 13.8. The number of aliphatic hydroxyl groups excluding tert-OH is 1. The summed E-state index contributed by atoms with van der Waals surface area (Å²) in [6.07, 6.45) is -3.18. The molecule has 5 rings (SSSR count). The second-order valence-corrected chi connectivity index (χ2v) is 8.46. The molecule has 2 aromatic carbocycles. The molecule has 1 N–H and O–H groups in total. The summed E-state index contributed by atoms with van der Waals surface area (Å²) in [6, 6.07) is 9.54. The predicted octanol–water partition coefficient (Wildman–Crippen LogP) is 3.74. The molecule has 3 heterocycles. The van der Waals surface area contributed by atoms with E-state index in [1.807, 2.05) is 11.0 Å². The number of aliphatic hydroxyl groups is 1. The Kier molecular flexibility index (Phi) is 5.47. The molecular formula is C24H20F4N4O2. The number of aromatic nitrogens is 2. The molecule has 34 heavy (non-hydrogen) atoms. The fraction of sp³-hybridized carbons (Fsp3) is 0.292. The van der Waals surface area contributed by atoms with Crippen LogP contribution in [0.2, 0.25) is 0 Å². The van der Waals surface area contributed by atoms with Gasteiger partial charge in [0, 0.05) is 43.4 Å². The lowest BCUT2D eigenvalue weighted by molar-refractivity contribution is -0.137. The van der Waals surface area contributed by atoms with Crippen molar-refractivity contribution >= 4 is 17.4 Å². The Balaban J connectivity index is 1.40. The first-order valence-corrected chi connectivity index (χ1v) is 10.7. The predicted molar refractivity (Wildman–Crippen MR) is 115 cm³/mol. The number of fused-ring (bicyclic) bond motifs is 1. The third-order valence-electron chi connectivity index (χ3n) is 6.06. The standard InChI is InChI=1S/C24H20F4N4O2/c25-16-7-14(6-15(9-16)24(26,27)28)8-17-10-22(30-13-29-17)32-5-4-19-20(2-1-3-21(19)32)23(34)31-11-18(33)12-31/h1-3,6-7,9-10,13,18,33H,4-5,8,11-12H2. The molecule has 2 aliphatic rings.